The van der Waals surface area contributed by atoms with Gasteiger partial charge in [-0.25, -0.2) is 0 Å². The zero-order valence-electron chi connectivity index (χ0n) is 10.0. The number of hydrogen-bond donors (Lipinski definition) is 1. The van der Waals surface area contributed by atoms with Crippen LogP contribution in [0.25, 0.3) is 0 Å². The van der Waals surface area contributed by atoms with E-state index in [0.29, 0.717) is 11.5 Å². The van der Waals surface area contributed by atoms with Crippen LogP contribution in [-0.4, -0.2) is 13.1 Å². The van der Waals surface area contributed by atoms with Crippen molar-refractivity contribution in [1.29, 1.82) is 0 Å². The summed E-state index contributed by atoms with van der Waals surface area (Å²) in [6.45, 7) is 4.56. The highest BCUT2D eigenvalue weighted by atomic mass is 14.9. The molecule has 0 bridgehead atoms. The second-order valence-corrected chi connectivity index (χ2v) is 5.19. The van der Waals surface area contributed by atoms with Crippen LogP contribution in [0, 0.1) is 12.3 Å². The summed E-state index contributed by atoms with van der Waals surface area (Å²) in [6, 6.07) is 9.50. The normalized spacial score (nSPS) is 19.9. The molecule has 1 N–H and O–H groups in total. The Morgan fingerprint density at radius 3 is 2.67 bits per heavy atom. The van der Waals surface area contributed by atoms with Crippen molar-refractivity contribution in [3.8, 4) is 0 Å². The molecule has 0 radical (unpaired) electrons. The van der Waals surface area contributed by atoms with Crippen molar-refractivity contribution in [3.63, 3.8) is 0 Å². The first kappa shape index (κ1) is 10.7. The highest BCUT2D eigenvalue weighted by molar-refractivity contribution is 5.24. The first-order valence-electron chi connectivity index (χ1n) is 5.87. The fourth-order valence-electron chi connectivity index (χ4n) is 2.32. The van der Waals surface area contributed by atoms with Gasteiger partial charge in [-0.05, 0) is 44.2 Å². The molecule has 1 fully saturated rings. The van der Waals surface area contributed by atoms with E-state index < -0.39 is 0 Å². The lowest BCUT2D eigenvalue weighted by Crippen LogP contribution is -2.35. The van der Waals surface area contributed by atoms with Crippen LogP contribution in [0.3, 0.4) is 0 Å². The molecule has 1 aliphatic carbocycles. The van der Waals surface area contributed by atoms with Gasteiger partial charge in [0.2, 0.25) is 0 Å². The van der Waals surface area contributed by atoms with E-state index in [1.165, 1.54) is 24.0 Å². The van der Waals surface area contributed by atoms with Gasteiger partial charge >= 0.3 is 0 Å². The van der Waals surface area contributed by atoms with Gasteiger partial charge in [-0.2, -0.15) is 0 Å². The lowest BCUT2D eigenvalue weighted by Gasteiger charge is -2.23. The molecule has 0 amide bonds. The molecule has 15 heavy (non-hydrogen) atoms. The average Bonchev–Trinajstić information content (AvgIpc) is 2.94. The summed E-state index contributed by atoms with van der Waals surface area (Å²) in [7, 11) is 2.09. The maximum atomic E-state index is 3.47. The van der Waals surface area contributed by atoms with Crippen molar-refractivity contribution < 1.29 is 0 Å². The molecule has 2 rings (SSSR count). The molecule has 1 aromatic carbocycles. The summed E-state index contributed by atoms with van der Waals surface area (Å²) < 4.78 is 0. The summed E-state index contributed by atoms with van der Waals surface area (Å²) in [5.41, 5.74) is 3.38. The van der Waals surface area contributed by atoms with Crippen LogP contribution in [0.15, 0.2) is 24.3 Å². The lowest BCUT2D eigenvalue weighted by molar-refractivity contribution is 0.376. The second-order valence-electron chi connectivity index (χ2n) is 5.19. The van der Waals surface area contributed by atoms with E-state index in [-0.39, 0.29) is 0 Å². The van der Waals surface area contributed by atoms with E-state index in [2.05, 4.69) is 50.5 Å². The standard InChI is InChI=1S/C14H21N/c1-11-5-4-6-12(9-11)10-13(15-3)14(2)7-8-14/h4-6,9,13,15H,7-8,10H2,1-3H3. The molecule has 0 aliphatic heterocycles. The van der Waals surface area contributed by atoms with E-state index in [9.17, 15) is 0 Å². The van der Waals surface area contributed by atoms with Gasteiger partial charge < -0.3 is 5.32 Å². The first-order valence-corrected chi connectivity index (χ1v) is 5.87. The van der Waals surface area contributed by atoms with Crippen LogP contribution in [0.5, 0.6) is 0 Å². The maximum Gasteiger partial charge on any atom is 0.0158 e. The predicted molar refractivity (Wildman–Crippen MR) is 65.1 cm³/mol. The zero-order chi connectivity index (χ0) is 10.9. The van der Waals surface area contributed by atoms with Crippen molar-refractivity contribution in [2.24, 2.45) is 5.41 Å². The van der Waals surface area contributed by atoms with E-state index in [1.807, 2.05) is 0 Å². The smallest absolute Gasteiger partial charge is 0.0158 e. The SMILES string of the molecule is CNC(Cc1cccc(C)c1)C1(C)CC1. The lowest BCUT2D eigenvalue weighted by atomic mass is 9.92. The van der Waals surface area contributed by atoms with E-state index in [4.69, 9.17) is 0 Å². The monoisotopic (exact) mass is 203 g/mol. The first-order chi connectivity index (χ1) is 7.14. The molecule has 82 valence electrons. The molecule has 1 nitrogen and oxygen atoms in total. The van der Waals surface area contributed by atoms with E-state index in [1.54, 1.807) is 0 Å². The summed E-state index contributed by atoms with van der Waals surface area (Å²) >= 11 is 0. The predicted octanol–water partition coefficient (Wildman–Crippen LogP) is 2.93. The van der Waals surface area contributed by atoms with Gasteiger partial charge in [0.1, 0.15) is 0 Å². The number of nitrogens with one attached hydrogen (secondary N) is 1. The highest BCUT2D eigenvalue weighted by Crippen LogP contribution is 2.48. The number of hydrogen-bond acceptors (Lipinski definition) is 1. The van der Waals surface area contributed by atoms with Crippen LogP contribution < -0.4 is 5.32 Å². The quantitative estimate of drug-likeness (QED) is 0.793. The van der Waals surface area contributed by atoms with Crippen LogP contribution in [0.2, 0.25) is 0 Å². The number of likely N-dealkylation sites (N-methyl/N-ethyl adjacent to an activating group) is 1. The Bertz CT molecular complexity index is 339. The van der Waals surface area contributed by atoms with Crippen molar-refractivity contribution in [2.45, 2.75) is 39.2 Å². The number of rotatable bonds is 4. The second kappa shape index (κ2) is 3.97. The van der Waals surface area contributed by atoms with E-state index in [0.717, 1.165) is 6.42 Å². The molecule has 1 atom stereocenters. The van der Waals surface area contributed by atoms with Crippen LogP contribution in [0.4, 0.5) is 0 Å². The Kier molecular flexibility index (Phi) is 2.83. The molecule has 0 heterocycles. The Morgan fingerprint density at radius 2 is 2.13 bits per heavy atom. The van der Waals surface area contributed by atoms with Gasteiger partial charge in [-0.3, -0.25) is 0 Å². The molecule has 0 spiro atoms. The summed E-state index contributed by atoms with van der Waals surface area (Å²) in [6.07, 6.45) is 3.92. The van der Waals surface area contributed by atoms with Crippen molar-refractivity contribution in [1.82, 2.24) is 5.32 Å². The Hall–Kier alpha value is -0.820. The third-order valence-corrected chi connectivity index (χ3v) is 3.75. The van der Waals surface area contributed by atoms with Crippen LogP contribution in [-0.2, 0) is 6.42 Å². The fraction of sp³-hybridized carbons (Fsp3) is 0.571. The van der Waals surface area contributed by atoms with Crippen LogP contribution in [0.1, 0.15) is 30.9 Å². The van der Waals surface area contributed by atoms with Crippen LogP contribution >= 0.6 is 0 Å². The van der Waals surface area contributed by atoms with Crippen molar-refractivity contribution >= 4 is 0 Å². The molecule has 1 unspecified atom stereocenters. The van der Waals surface area contributed by atoms with Crippen molar-refractivity contribution in [3.05, 3.63) is 35.4 Å². The minimum atomic E-state index is 0.554. The van der Waals surface area contributed by atoms with Gasteiger partial charge in [-0.15, -0.1) is 0 Å². The average molecular weight is 203 g/mol. The molecular weight excluding hydrogens is 182 g/mol. The third-order valence-electron chi connectivity index (χ3n) is 3.75. The minimum Gasteiger partial charge on any atom is -0.316 e. The fourth-order valence-corrected chi connectivity index (χ4v) is 2.32. The molecule has 1 aliphatic rings. The largest absolute Gasteiger partial charge is 0.316 e. The van der Waals surface area contributed by atoms with Crippen molar-refractivity contribution in [2.75, 3.05) is 7.05 Å². The summed E-state index contributed by atoms with van der Waals surface area (Å²) in [5.74, 6) is 0. The minimum absolute atomic E-state index is 0.554. The summed E-state index contributed by atoms with van der Waals surface area (Å²) in [4.78, 5) is 0. The Morgan fingerprint density at radius 1 is 1.40 bits per heavy atom. The van der Waals surface area contributed by atoms with Gasteiger partial charge in [-0.1, -0.05) is 36.8 Å². The zero-order valence-corrected chi connectivity index (χ0v) is 10.0. The molecular formula is C14H21N. The maximum absolute atomic E-state index is 3.47. The summed E-state index contributed by atoms with van der Waals surface area (Å²) in [5, 5.41) is 3.47. The molecule has 1 saturated carbocycles. The van der Waals surface area contributed by atoms with Gasteiger partial charge in [0.25, 0.3) is 0 Å². The molecule has 0 aromatic heterocycles. The Labute approximate surface area is 92.9 Å². The van der Waals surface area contributed by atoms with Gasteiger partial charge in [0.15, 0.2) is 0 Å². The van der Waals surface area contributed by atoms with Gasteiger partial charge in [0.05, 0.1) is 0 Å². The number of benzene rings is 1. The molecule has 1 heteroatoms. The van der Waals surface area contributed by atoms with Gasteiger partial charge in [0, 0.05) is 6.04 Å². The molecule has 0 saturated heterocycles. The molecule has 1 aromatic rings. The van der Waals surface area contributed by atoms with E-state index >= 15 is 0 Å². The topological polar surface area (TPSA) is 12.0 Å². The number of aryl methyl sites for hydroxylation is 1. The highest BCUT2D eigenvalue weighted by Gasteiger charge is 2.43. The third kappa shape index (κ3) is 2.40. The Balaban J connectivity index is 2.06.